The summed E-state index contributed by atoms with van der Waals surface area (Å²) < 4.78 is 28.6. The van der Waals surface area contributed by atoms with Crippen molar-refractivity contribution in [2.45, 2.75) is 57.0 Å². The van der Waals surface area contributed by atoms with E-state index in [9.17, 15) is 8.42 Å². The molecule has 3 aliphatic carbocycles. The van der Waals surface area contributed by atoms with Crippen molar-refractivity contribution in [1.29, 1.82) is 0 Å². The van der Waals surface area contributed by atoms with E-state index in [0.717, 1.165) is 32.4 Å². The number of rotatable bonds is 10. The van der Waals surface area contributed by atoms with E-state index in [1.54, 1.807) is 15.7 Å². The van der Waals surface area contributed by atoms with Crippen LogP contribution in [0.15, 0.2) is 0 Å². The molecule has 0 aliphatic heterocycles. The molecule has 0 aromatic rings. The lowest BCUT2D eigenvalue weighted by molar-refractivity contribution is 0.340. The van der Waals surface area contributed by atoms with Crippen molar-refractivity contribution in [3.63, 3.8) is 0 Å². The van der Waals surface area contributed by atoms with Crippen LogP contribution in [-0.4, -0.2) is 55.8 Å². The summed E-state index contributed by atoms with van der Waals surface area (Å²) in [6, 6.07) is 0.988. The second-order valence-electron chi connectivity index (χ2n) is 6.66. The molecule has 0 atom stereocenters. The van der Waals surface area contributed by atoms with Gasteiger partial charge in [0.05, 0.1) is 0 Å². The fraction of sp³-hybridized carbons (Fsp3) is 1.00. The quantitative estimate of drug-likeness (QED) is 0.617. The van der Waals surface area contributed by atoms with Crippen molar-refractivity contribution in [2.24, 2.45) is 5.92 Å². The van der Waals surface area contributed by atoms with Crippen molar-refractivity contribution >= 4 is 10.2 Å². The molecule has 0 saturated heterocycles. The zero-order valence-corrected chi connectivity index (χ0v) is 13.2. The van der Waals surface area contributed by atoms with Crippen molar-refractivity contribution in [2.75, 3.05) is 26.7 Å². The molecule has 6 heteroatoms. The molecule has 3 fully saturated rings. The van der Waals surface area contributed by atoms with Crippen LogP contribution < -0.4 is 5.32 Å². The third-order valence-electron chi connectivity index (χ3n) is 4.44. The van der Waals surface area contributed by atoms with Gasteiger partial charge in [-0.15, -0.1) is 0 Å². The van der Waals surface area contributed by atoms with E-state index in [4.69, 9.17) is 0 Å². The molecule has 20 heavy (non-hydrogen) atoms. The maximum atomic E-state index is 12.6. The highest BCUT2D eigenvalue weighted by molar-refractivity contribution is 7.86. The molecule has 116 valence electrons. The van der Waals surface area contributed by atoms with E-state index >= 15 is 0 Å². The Morgan fingerprint density at radius 2 is 1.80 bits per heavy atom. The van der Waals surface area contributed by atoms with Gasteiger partial charge in [0.25, 0.3) is 10.2 Å². The van der Waals surface area contributed by atoms with Gasteiger partial charge >= 0.3 is 0 Å². The molecule has 3 aliphatic rings. The molecule has 5 nitrogen and oxygen atoms in total. The molecule has 0 unspecified atom stereocenters. The van der Waals surface area contributed by atoms with Crippen LogP contribution in [0, 0.1) is 5.92 Å². The van der Waals surface area contributed by atoms with E-state index < -0.39 is 10.2 Å². The van der Waals surface area contributed by atoms with Gasteiger partial charge in [0.2, 0.25) is 0 Å². The van der Waals surface area contributed by atoms with Gasteiger partial charge in [0.15, 0.2) is 0 Å². The summed E-state index contributed by atoms with van der Waals surface area (Å²) in [6.07, 6.45) is 7.96. The van der Waals surface area contributed by atoms with E-state index in [2.05, 4.69) is 5.32 Å². The standard InChI is InChI=1S/C14H27N3O2S/c1-16(10-2-9-15-13-5-6-13)20(18,19)17(14-7-8-14)11-12-3-4-12/h12-15H,2-11H2,1H3. The molecule has 1 N–H and O–H groups in total. The van der Waals surface area contributed by atoms with Gasteiger partial charge in [-0.25, -0.2) is 0 Å². The van der Waals surface area contributed by atoms with Gasteiger partial charge in [-0.1, -0.05) is 0 Å². The van der Waals surface area contributed by atoms with Crippen LogP contribution in [0.2, 0.25) is 0 Å². The van der Waals surface area contributed by atoms with Gasteiger partial charge in [0.1, 0.15) is 0 Å². The van der Waals surface area contributed by atoms with Gasteiger partial charge < -0.3 is 5.32 Å². The Morgan fingerprint density at radius 1 is 1.10 bits per heavy atom. The van der Waals surface area contributed by atoms with Crippen molar-refractivity contribution in [3.05, 3.63) is 0 Å². The lowest BCUT2D eigenvalue weighted by Crippen LogP contribution is -2.44. The van der Waals surface area contributed by atoms with E-state index in [1.165, 1.54) is 25.7 Å². The summed E-state index contributed by atoms with van der Waals surface area (Å²) in [4.78, 5) is 0. The Bertz CT molecular complexity index is 428. The van der Waals surface area contributed by atoms with Gasteiger partial charge in [-0.05, 0) is 57.4 Å². The van der Waals surface area contributed by atoms with Crippen LogP contribution in [0.5, 0.6) is 0 Å². The average molecular weight is 301 g/mol. The first kappa shape index (κ1) is 14.8. The monoisotopic (exact) mass is 301 g/mol. The first-order chi connectivity index (χ1) is 9.57. The maximum Gasteiger partial charge on any atom is 0.281 e. The summed E-state index contributed by atoms with van der Waals surface area (Å²) in [5.74, 6) is 0.621. The van der Waals surface area contributed by atoms with E-state index in [0.29, 0.717) is 18.5 Å². The van der Waals surface area contributed by atoms with Crippen LogP contribution in [0.3, 0.4) is 0 Å². The summed E-state index contributed by atoms with van der Waals surface area (Å²) in [5.41, 5.74) is 0. The molecular weight excluding hydrogens is 274 g/mol. The minimum atomic E-state index is -3.24. The number of hydrogen-bond acceptors (Lipinski definition) is 3. The zero-order valence-electron chi connectivity index (χ0n) is 12.4. The molecule has 0 aromatic carbocycles. The third-order valence-corrected chi connectivity index (χ3v) is 6.45. The number of nitrogens with one attached hydrogen (secondary N) is 1. The van der Waals surface area contributed by atoms with Gasteiger partial charge in [-0.2, -0.15) is 17.0 Å². The molecule has 0 spiro atoms. The minimum absolute atomic E-state index is 0.285. The van der Waals surface area contributed by atoms with Gasteiger partial charge in [-0.3, -0.25) is 0 Å². The zero-order chi connectivity index (χ0) is 14.2. The van der Waals surface area contributed by atoms with Gasteiger partial charge in [0, 0.05) is 32.2 Å². The van der Waals surface area contributed by atoms with Crippen molar-refractivity contribution in [3.8, 4) is 0 Å². The predicted molar refractivity (Wildman–Crippen MR) is 79.6 cm³/mol. The number of nitrogens with zero attached hydrogens (tertiary/aromatic N) is 2. The fourth-order valence-corrected chi connectivity index (χ4v) is 4.24. The summed E-state index contributed by atoms with van der Waals surface area (Å²) in [6.45, 7) is 2.30. The molecule has 3 saturated carbocycles. The molecule has 0 heterocycles. The van der Waals surface area contributed by atoms with Crippen LogP contribution in [0.1, 0.15) is 44.9 Å². The molecule has 0 bridgehead atoms. The second kappa shape index (κ2) is 5.91. The van der Waals surface area contributed by atoms with Crippen LogP contribution in [0.25, 0.3) is 0 Å². The highest BCUT2D eigenvalue weighted by atomic mass is 32.2. The van der Waals surface area contributed by atoms with Crippen LogP contribution >= 0.6 is 0 Å². The topological polar surface area (TPSA) is 52.7 Å². The largest absolute Gasteiger partial charge is 0.314 e. The Kier molecular flexibility index (Phi) is 4.36. The minimum Gasteiger partial charge on any atom is -0.314 e. The fourth-order valence-electron chi connectivity index (χ4n) is 2.54. The highest BCUT2D eigenvalue weighted by Crippen LogP contribution is 2.36. The molecular formula is C14H27N3O2S. The first-order valence-electron chi connectivity index (χ1n) is 8.04. The summed E-state index contributed by atoms with van der Waals surface area (Å²) in [7, 11) is -1.51. The Morgan fingerprint density at radius 3 is 2.35 bits per heavy atom. The lowest BCUT2D eigenvalue weighted by atomic mass is 10.4. The van der Waals surface area contributed by atoms with E-state index in [-0.39, 0.29) is 6.04 Å². The Hall–Kier alpha value is -0.170. The third kappa shape index (κ3) is 3.93. The molecule has 0 radical (unpaired) electrons. The maximum absolute atomic E-state index is 12.6. The van der Waals surface area contributed by atoms with Crippen LogP contribution in [0.4, 0.5) is 0 Å². The smallest absolute Gasteiger partial charge is 0.281 e. The van der Waals surface area contributed by atoms with Crippen molar-refractivity contribution < 1.29 is 8.42 Å². The lowest BCUT2D eigenvalue weighted by Gasteiger charge is -2.27. The Labute approximate surface area is 122 Å². The highest BCUT2D eigenvalue weighted by Gasteiger charge is 2.41. The first-order valence-corrected chi connectivity index (χ1v) is 9.43. The predicted octanol–water partition coefficient (Wildman–Crippen LogP) is 1.18. The summed E-state index contributed by atoms with van der Waals surface area (Å²) in [5, 5.41) is 3.43. The molecule has 0 amide bonds. The van der Waals surface area contributed by atoms with E-state index in [1.807, 2.05) is 0 Å². The molecule has 0 aromatic heterocycles. The van der Waals surface area contributed by atoms with Crippen molar-refractivity contribution in [1.82, 2.24) is 13.9 Å². The summed E-state index contributed by atoms with van der Waals surface area (Å²) >= 11 is 0. The van der Waals surface area contributed by atoms with Crippen LogP contribution in [-0.2, 0) is 10.2 Å². The number of hydrogen-bond donors (Lipinski definition) is 1. The second-order valence-corrected chi connectivity index (χ2v) is 8.64. The SMILES string of the molecule is CN(CCCNC1CC1)S(=O)(=O)N(CC1CC1)C1CC1. The molecule has 3 rings (SSSR count). The Balaban J connectivity index is 1.48. The average Bonchev–Trinajstić information content (AvgIpc) is 3.28. The normalized spacial score (nSPS) is 23.8.